The van der Waals surface area contributed by atoms with E-state index in [1.807, 2.05) is 13.8 Å². The molecule has 0 fully saturated rings. The van der Waals surface area contributed by atoms with Crippen molar-refractivity contribution in [1.82, 2.24) is 4.31 Å². The van der Waals surface area contributed by atoms with Crippen molar-refractivity contribution >= 4 is 21.6 Å². The maximum absolute atomic E-state index is 13.1. The van der Waals surface area contributed by atoms with Crippen LogP contribution in [0.15, 0.2) is 41.3 Å². The normalized spacial score (nSPS) is 11.6. The highest BCUT2D eigenvalue weighted by Crippen LogP contribution is 2.19. The van der Waals surface area contributed by atoms with Crippen LogP contribution in [-0.4, -0.2) is 32.2 Å². The number of anilines is 1. The first kappa shape index (κ1) is 19.1. The van der Waals surface area contributed by atoms with Crippen molar-refractivity contribution in [1.29, 1.82) is 0 Å². The number of nitrogens with one attached hydrogen (secondary N) is 1. The third-order valence-electron chi connectivity index (χ3n) is 4.02. The molecular weight excluding hydrogens is 343 g/mol. The first-order valence-corrected chi connectivity index (χ1v) is 9.15. The zero-order valence-electron chi connectivity index (χ0n) is 14.6. The third kappa shape index (κ3) is 4.43. The monoisotopic (exact) mass is 364 g/mol. The van der Waals surface area contributed by atoms with Gasteiger partial charge in [-0.15, -0.1) is 0 Å². The number of hydrogen-bond acceptors (Lipinski definition) is 3. The van der Waals surface area contributed by atoms with Crippen LogP contribution in [0.5, 0.6) is 0 Å². The van der Waals surface area contributed by atoms with Gasteiger partial charge in [-0.05, 0) is 67.8 Å². The number of sulfonamides is 1. The molecule has 0 aliphatic carbocycles. The molecule has 0 radical (unpaired) electrons. The Morgan fingerprint density at radius 2 is 1.72 bits per heavy atom. The van der Waals surface area contributed by atoms with Gasteiger partial charge in [0.1, 0.15) is 5.82 Å². The summed E-state index contributed by atoms with van der Waals surface area (Å²) in [6, 6.07) is 8.82. The largest absolute Gasteiger partial charge is 0.325 e. The van der Waals surface area contributed by atoms with Gasteiger partial charge in [0.25, 0.3) is 0 Å². The van der Waals surface area contributed by atoms with Gasteiger partial charge in [-0.1, -0.05) is 6.07 Å². The number of carbonyl (C=O) groups is 1. The molecule has 1 N–H and O–H groups in total. The lowest BCUT2D eigenvalue weighted by Gasteiger charge is -2.18. The van der Waals surface area contributed by atoms with Gasteiger partial charge in [0.2, 0.25) is 15.9 Å². The first-order chi connectivity index (χ1) is 11.6. The minimum atomic E-state index is -3.77. The van der Waals surface area contributed by atoms with E-state index in [0.717, 1.165) is 15.4 Å². The average Bonchev–Trinajstić information content (AvgIpc) is 2.52. The van der Waals surface area contributed by atoms with Crippen LogP contribution in [0.4, 0.5) is 10.1 Å². The van der Waals surface area contributed by atoms with E-state index >= 15 is 0 Å². The summed E-state index contributed by atoms with van der Waals surface area (Å²) in [4.78, 5) is 12.3. The summed E-state index contributed by atoms with van der Waals surface area (Å²) in [6.07, 6.45) is 0. The minimum Gasteiger partial charge on any atom is -0.325 e. The third-order valence-corrected chi connectivity index (χ3v) is 5.81. The van der Waals surface area contributed by atoms with E-state index in [-0.39, 0.29) is 11.4 Å². The molecule has 2 aromatic rings. The molecule has 0 bridgehead atoms. The van der Waals surface area contributed by atoms with Crippen molar-refractivity contribution in [3.05, 3.63) is 58.9 Å². The Bertz CT molecular complexity index is 911. The first-order valence-electron chi connectivity index (χ1n) is 7.71. The Balaban J connectivity index is 2.13. The summed E-state index contributed by atoms with van der Waals surface area (Å²) in [5, 5.41) is 2.60. The van der Waals surface area contributed by atoms with E-state index in [1.54, 1.807) is 19.1 Å². The zero-order valence-corrected chi connectivity index (χ0v) is 15.4. The molecule has 0 spiro atoms. The Kier molecular flexibility index (Phi) is 5.59. The second-order valence-electron chi connectivity index (χ2n) is 6.01. The number of halogens is 1. The second kappa shape index (κ2) is 7.33. The van der Waals surface area contributed by atoms with Crippen LogP contribution >= 0.6 is 0 Å². The molecule has 1 amide bonds. The maximum atomic E-state index is 13.1. The van der Waals surface area contributed by atoms with Crippen molar-refractivity contribution in [2.24, 2.45) is 0 Å². The molecule has 0 saturated carbocycles. The van der Waals surface area contributed by atoms with Crippen LogP contribution in [0.3, 0.4) is 0 Å². The van der Waals surface area contributed by atoms with Gasteiger partial charge in [0, 0.05) is 12.7 Å². The fourth-order valence-electron chi connectivity index (χ4n) is 2.30. The Labute approximate surface area is 147 Å². The molecule has 0 saturated heterocycles. The summed E-state index contributed by atoms with van der Waals surface area (Å²) in [6.45, 7) is 5.05. The number of hydrogen-bond donors (Lipinski definition) is 1. The van der Waals surface area contributed by atoms with Gasteiger partial charge >= 0.3 is 0 Å². The molecule has 5 nitrogen and oxygen atoms in total. The zero-order chi connectivity index (χ0) is 18.8. The predicted molar refractivity (Wildman–Crippen MR) is 95.5 cm³/mol. The SMILES string of the molecule is Cc1ccc(S(=O)(=O)N(C)CC(=O)Nc2ccc(F)cc2C)cc1C. The number of likely N-dealkylation sites (N-methyl/N-ethyl adjacent to an activating group) is 1. The highest BCUT2D eigenvalue weighted by atomic mass is 32.2. The number of nitrogens with zero attached hydrogens (tertiary/aromatic N) is 1. The molecule has 0 aliphatic heterocycles. The van der Waals surface area contributed by atoms with Crippen LogP contribution in [-0.2, 0) is 14.8 Å². The molecule has 0 heterocycles. The van der Waals surface area contributed by atoms with Crippen LogP contribution < -0.4 is 5.32 Å². The van der Waals surface area contributed by atoms with E-state index in [9.17, 15) is 17.6 Å². The molecular formula is C18H21FN2O3S. The number of benzene rings is 2. The standard InChI is InChI=1S/C18H21FN2O3S/c1-12-5-7-16(10-13(12)2)25(23,24)21(4)11-18(22)20-17-8-6-15(19)9-14(17)3/h5-10H,11H2,1-4H3,(H,20,22). The van der Waals surface area contributed by atoms with E-state index < -0.39 is 21.7 Å². The summed E-state index contributed by atoms with van der Waals surface area (Å²) < 4.78 is 39.3. The van der Waals surface area contributed by atoms with Gasteiger partial charge in [0.15, 0.2) is 0 Å². The van der Waals surface area contributed by atoms with Gasteiger partial charge < -0.3 is 5.32 Å². The van der Waals surface area contributed by atoms with Crippen molar-refractivity contribution in [3.8, 4) is 0 Å². The van der Waals surface area contributed by atoms with Crippen LogP contribution in [0.2, 0.25) is 0 Å². The highest BCUT2D eigenvalue weighted by Gasteiger charge is 2.23. The topological polar surface area (TPSA) is 66.5 Å². The van der Waals surface area contributed by atoms with E-state index in [0.29, 0.717) is 11.3 Å². The number of amides is 1. The molecule has 2 rings (SSSR count). The van der Waals surface area contributed by atoms with E-state index in [1.165, 1.54) is 31.3 Å². The van der Waals surface area contributed by atoms with E-state index in [4.69, 9.17) is 0 Å². The van der Waals surface area contributed by atoms with Crippen molar-refractivity contribution < 1.29 is 17.6 Å². The van der Waals surface area contributed by atoms with Crippen LogP contribution in [0.25, 0.3) is 0 Å². The summed E-state index contributed by atoms with van der Waals surface area (Å²) in [5.41, 5.74) is 2.86. The predicted octanol–water partition coefficient (Wildman–Crippen LogP) is 3.01. The minimum absolute atomic E-state index is 0.142. The van der Waals surface area contributed by atoms with Crippen molar-refractivity contribution in [3.63, 3.8) is 0 Å². The molecule has 7 heteroatoms. The number of carbonyl (C=O) groups excluding carboxylic acids is 1. The molecule has 25 heavy (non-hydrogen) atoms. The lowest BCUT2D eigenvalue weighted by atomic mass is 10.1. The molecule has 134 valence electrons. The highest BCUT2D eigenvalue weighted by molar-refractivity contribution is 7.89. The average molecular weight is 364 g/mol. The van der Waals surface area contributed by atoms with Crippen LogP contribution in [0.1, 0.15) is 16.7 Å². The number of aryl methyl sites for hydroxylation is 3. The Morgan fingerprint density at radius 1 is 1.04 bits per heavy atom. The molecule has 0 aromatic heterocycles. The lowest BCUT2D eigenvalue weighted by Crippen LogP contribution is -2.35. The van der Waals surface area contributed by atoms with Crippen molar-refractivity contribution in [2.45, 2.75) is 25.7 Å². The van der Waals surface area contributed by atoms with Gasteiger partial charge in [-0.2, -0.15) is 4.31 Å². The maximum Gasteiger partial charge on any atom is 0.243 e. The Hall–Kier alpha value is -2.25. The quantitative estimate of drug-likeness (QED) is 0.887. The molecule has 0 aliphatic rings. The van der Waals surface area contributed by atoms with Crippen molar-refractivity contribution in [2.75, 3.05) is 18.9 Å². The molecule has 0 unspecified atom stereocenters. The van der Waals surface area contributed by atoms with E-state index in [2.05, 4.69) is 5.32 Å². The Morgan fingerprint density at radius 3 is 2.32 bits per heavy atom. The lowest BCUT2D eigenvalue weighted by molar-refractivity contribution is -0.116. The smallest absolute Gasteiger partial charge is 0.243 e. The summed E-state index contributed by atoms with van der Waals surface area (Å²) in [7, 11) is -2.42. The molecule has 0 atom stereocenters. The molecule has 2 aromatic carbocycles. The van der Waals surface area contributed by atoms with Gasteiger partial charge in [-0.3, -0.25) is 4.79 Å². The van der Waals surface area contributed by atoms with Gasteiger partial charge in [-0.25, -0.2) is 12.8 Å². The van der Waals surface area contributed by atoms with Gasteiger partial charge in [0.05, 0.1) is 11.4 Å². The summed E-state index contributed by atoms with van der Waals surface area (Å²) >= 11 is 0. The second-order valence-corrected chi connectivity index (χ2v) is 8.06. The number of rotatable bonds is 5. The summed E-state index contributed by atoms with van der Waals surface area (Å²) in [5.74, 6) is -0.894. The fraction of sp³-hybridized carbons (Fsp3) is 0.278. The van der Waals surface area contributed by atoms with Crippen LogP contribution in [0, 0.1) is 26.6 Å². The fourth-order valence-corrected chi connectivity index (χ4v) is 3.51.